The lowest BCUT2D eigenvalue weighted by Crippen LogP contribution is -2.07. The van der Waals surface area contributed by atoms with Gasteiger partial charge in [-0.3, -0.25) is 0 Å². The number of nitrogens with one attached hydrogen (secondary N) is 1. The van der Waals surface area contributed by atoms with Crippen LogP contribution in [0.1, 0.15) is 11.6 Å². The Morgan fingerprint density at radius 3 is 2.25 bits per heavy atom. The fourth-order valence-corrected chi connectivity index (χ4v) is 2.40. The average molecular weight is 259 g/mol. The van der Waals surface area contributed by atoms with Gasteiger partial charge in [0.15, 0.2) is 0 Å². The fraction of sp³-hybridized carbons (Fsp3) is 0.0526. The van der Waals surface area contributed by atoms with Crippen molar-refractivity contribution in [2.75, 3.05) is 5.32 Å². The number of anilines is 1. The zero-order valence-electron chi connectivity index (χ0n) is 11.3. The lowest BCUT2D eigenvalue weighted by molar-refractivity contribution is 0.989. The predicted molar refractivity (Wildman–Crippen MR) is 87.0 cm³/mol. The maximum Gasteiger partial charge on any atom is 0.0695 e. The molecule has 0 aliphatic rings. The topological polar surface area (TPSA) is 12.0 Å². The van der Waals surface area contributed by atoms with Gasteiger partial charge in [0.25, 0.3) is 0 Å². The van der Waals surface area contributed by atoms with Gasteiger partial charge in [-0.15, -0.1) is 6.58 Å². The summed E-state index contributed by atoms with van der Waals surface area (Å²) in [5.74, 6) is 0. The van der Waals surface area contributed by atoms with Crippen molar-refractivity contribution in [3.8, 4) is 0 Å². The smallest absolute Gasteiger partial charge is 0.0695 e. The minimum Gasteiger partial charge on any atom is -0.375 e. The summed E-state index contributed by atoms with van der Waals surface area (Å²) in [6, 6.07) is 25.3. The van der Waals surface area contributed by atoms with Crippen molar-refractivity contribution >= 4 is 16.5 Å². The normalized spacial score (nSPS) is 12.0. The van der Waals surface area contributed by atoms with Crippen LogP contribution in [0.4, 0.5) is 5.69 Å². The molecule has 1 nitrogen and oxygen atoms in total. The van der Waals surface area contributed by atoms with Crippen molar-refractivity contribution < 1.29 is 0 Å². The highest BCUT2D eigenvalue weighted by molar-refractivity contribution is 5.85. The molecule has 3 rings (SSSR count). The van der Waals surface area contributed by atoms with Crippen LogP contribution in [0.3, 0.4) is 0 Å². The molecule has 0 saturated carbocycles. The van der Waals surface area contributed by atoms with Gasteiger partial charge >= 0.3 is 0 Å². The third-order valence-electron chi connectivity index (χ3n) is 3.47. The number of hydrogen-bond donors (Lipinski definition) is 1. The Hall–Kier alpha value is -2.54. The van der Waals surface area contributed by atoms with Crippen molar-refractivity contribution in [1.82, 2.24) is 0 Å². The lowest BCUT2D eigenvalue weighted by Gasteiger charge is -2.17. The summed E-state index contributed by atoms with van der Waals surface area (Å²) in [6.07, 6.45) is 1.94. The number of benzene rings is 3. The summed E-state index contributed by atoms with van der Waals surface area (Å²) in [7, 11) is 0. The molecule has 1 atom stereocenters. The van der Waals surface area contributed by atoms with Gasteiger partial charge in [-0.25, -0.2) is 0 Å². The molecule has 3 aromatic carbocycles. The molecule has 1 heteroatoms. The third kappa shape index (κ3) is 2.57. The van der Waals surface area contributed by atoms with Gasteiger partial charge < -0.3 is 5.32 Å². The standard InChI is InChI=1S/C19H17N/c1-2-19(16-9-4-3-5-10-16)20-18-13-12-15-8-6-7-11-17(15)14-18/h2-14,19-20H,1H2/t19-/m1/s1. The van der Waals surface area contributed by atoms with E-state index in [4.69, 9.17) is 0 Å². The van der Waals surface area contributed by atoms with Gasteiger partial charge in [-0.1, -0.05) is 66.7 Å². The molecule has 0 bridgehead atoms. The Labute approximate surface area is 119 Å². The molecular weight excluding hydrogens is 242 g/mol. The van der Waals surface area contributed by atoms with Crippen LogP contribution < -0.4 is 5.32 Å². The van der Waals surface area contributed by atoms with Crippen LogP contribution in [0.25, 0.3) is 10.8 Å². The number of hydrogen-bond acceptors (Lipinski definition) is 1. The summed E-state index contributed by atoms with van der Waals surface area (Å²) >= 11 is 0. The first-order chi connectivity index (χ1) is 9.86. The van der Waals surface area contributed by atoms with Gasteiger partial charge in [-0.05, 0) is 28.5 Å². The first-order valence-electron chi connectivity index (χ1n) is 6.79. The van der Waals surface area contributed by atoms with Crippen LogP contribution in [0.15, 0.2) is 85.5 Å². The minimum absolute atomic E-state index is 0.123. The summed E-state index contributed by atoms with van der Waals surface area (Å²) < 4.78 is 0. The van der Waals surface area contributed by atoms with E-state index < -0.39 is 0 Å². The largest absolute Gasteiger partial charge is 0.375 e. The Balaban J connectivity index is 1.89. The van der Waals surface area contributed by atoms with Crippen LogP contribution in [-0.2, 0) is 0 Å². The molecule has 0 fully saturated rings. The van der Waals surface area contributed by atoms with Crippen LogP contribution in [-0.4, -0.2) is 0 Å². The van der Waals surface area contributed by atoms with E-state index in [0.717, 1.165) is 5.69 Å². The minimum atomic E-state index is 0.123. The molecule has 0 aliphatic carbocycles. The quantitative estimate of drug-likeness (QED) is 0.637. The molecular formula is C19H17N. The van der Waals surface area contributed by atoms with E-state index >= 15 is 0 Å². The Morgan fingerprint density at radius 1 is 0.800 bits per heavy atom. The van der Waals surface area contributed by atoms with Crippen LogP contribution >= 0.6 is 0 Å². The van der Waals surface area contributed by atoms with Gasteiger partial charge in [0.2, 0.25) is 0 Å². The zero-order chi connectivity index (χ0) is 13.8. The van der Waals surface area contributed by atoms with Crippen molar-refractivity contribution in [3.05, 3.63) is 91.0 Å². The molecule has 0 aromatic heterocycles. The molecule has 1 N–H and O–H groups in total. The number of rotatable bonds is 4. The Bertz CT molecular complexity index is 716. The monoisotopic (exact) mass is 259 g/mol. The second-order valence-corrected chi connectivity index (χ2v) is 4.83. The summed E-state index contributed by atoms with van der Waals surface area (Å²) in [4.78, 5) is 0. The first-order valence-corrected chi connectivity index (χ1v) is 6.79. The van der Waals surface area contributed by atoms with Crippen LogP contribution in [0.5, 0.6) is 0 Å². The first kappa shape index (κ1) is 12.5. The van der Waals surface area contributed by atoms with Gasteiger partial charge in [0.05, 0.1) is 6.04 Å². The van der Waals surface area contributed by atoms with E-state index in [1.807, 2.05) is 24.3 Å². The van der Waals surface area contributed by atoms with E-state index in [-0.39, 0.29) is 6.04 Å². The van der Waals surface area contributed by atoms with Crippen LogP contribution in [0.2, 0.25) is 0 Å². The van der Waals surface area contributed by atoms with Crippen molar-refractivity contribution in [1.29, 1.82) is 0 Å². The second kappa shape index (κ2) is 5.62. The molecule has 0 aliphatic heterocycles. The summed E-state index contributed by atoms with van der Waals surface area (Å²) in [5.41, 5.74) is 2.33. The van der Waals surface area contributed by atoms with Crippen molar-refractivity contribution in [2.45, 2.75) is 6.04 Å². The highest BCUT2D eigenvalue weighted by Crippen LogP contribution is 2.24. The summed E-state index contributed by atoms with van der Waals surface area (Å²) in [5, 5.41) is 6.02. The maximum absolute atomic E-state index is 3.93. The molecule has 20 heavy (non-hydrogen) atoms. The third-order valence-corrected chi connectivity index (χ3v) is 3.47. The molecule has 3 aromatic rings. The molecule has 0 heterocycles. The highest BCUT2D eigenvalue weighted by Gasteiger charge is 2.06. The molecule has 98 valence electrons. The van der Waals surface area contributed by atoms with Gasteiger partial charge in [0.1, 0.15) is 0 Å². The van der Waals surface area contributed by atoms with E-state index in [9.17, 15) is 0 Å². The molecule has 0 spiro atoms. The molecule has 0 saturated heterocycles. The van der Waals surface area contributed by atoms with E-state index in [1.54, 1.807) is 0 Å². The fourth-order valence-electron chi connectivity index (χ4n) is 2.40. The lowest BCUT2D eigenvalue weighted by atomic mass is 10.1. The molecule has 0 amide bonds. The van der Waals surface area contributed by atoms with Gasteiger partial charge in [0, 0.05) is 5.69 Å². The highest BCUT2D eigenvalue weighted by atomic mass is 14.9. The molecule has 0 unspecified atom stereocenters. The maximum atomic E-state index is 3.93. The number of fused-ring (bicyclic) bond motifs is 1. The van der Waals surface area contributed by atoms with E-state index in [1.165, 1.54) is 16.3 Å². The van der Waals surface area contributed by atoms with E-state index in [2.05, 4.69) is 66.5 Å². The molecule has 0 radical (unpaired) electrons. The van der Waals surface area contributed by atoms with Gasteiger partial charge in [-0.2, -0.15) is 0 Å². The van der Waals surface area contributed by atoms with Crippen molar-refractivity contribution in [3.63, 3.8) is 0 Å². The predicted octanol–water partition coefficient (Wildman–Crippen LogP) is 5.18. The van der Waals surface area contributed by atoms with E-state index in [0.29, 0.717) is 0 Å². The zero-order valence-corrected chi connectivity index (χ0v) is 11.3. The second-order valence-electron chi connectivity index (χ2n) is 4.83. The van der Waals surface area contributed by atoms with Crippen molar-refractivity contribution in [2.24, 2.45) is 0 Å². The SMILES string of the molecule is C=C[C@@H](Nc1ccc2ccccc2c1)c1ccccc1. The average Bonchev–Trinajstić information content (AvgIpc) is 2.53. The van der Waals surface area contributed by atoms with Crippen LogP contribution in [0, 0.1) is 0 Å². The Kier molecular flexibility index (Phi) is 3.51. The Morgan fingerprint density at radius 2 is 1.50 bits per heavy atom. The summed E-state index contributed by atoms with van der Waals surface area (Å²) in [6.45, 7) is 3.93.